The van der Waals surface area contributed by atoms with Gasteiger partial charge in [0.1, 0.15) is 0 Å². The van der Waals surface area contributed by atoms with Crippen molar-refractivity contribution in [3.05, 3.63) is 23.8 Å². The van der Waals surface area contributed by atoms with E-state index in [-0.39, 0.29) is 5.91 Å². The van der Waals surface area contributed by atoms with Crippen LogP contribution in [0.3, 0.4) is 0 Å². The average Bonchev–Trinajstić information content (AvgIpc) is 3.21. The van der Waals surface area contributed by atoms with Gasteiger partial charge in [0.25, 0.3) is 0 Å². The molecule has 0 radical (unpaired) electrons. The molecule has 2 aliphatic carbocycles. The maximum Gasteiger partial charge on any atom is 0.227 e. The fraction of sp³-hybridized carbons (Fsp3) is 0.611. The monoisotopic (exact) mass is 303 g/mol. The van der Waals surface area contributed by atoms with Crippen LogP contribution in [0.2, 0.25) is 0 Å². The van der Waals surface area contributed by atoms with Gasteiger partial charge >= 0.3 is 0 Å². The second-order valence-corrected chi connectivity index (χ2v) is 6.34. The highest BCUT2D eigenvalue weighted by atomic mass is 16.5. The summed E-state index contributed by atoms with van der Waals surface area (Å²) in [6, 6.07) is 6.71. The SMILES string of the molecule is COc1ccc(CC(=O)N(C2CCCC2)C2CC2)cc1OC. The molecule has 120 valence electrons. The molecule has 1 aromatic carbocycles. The first-order valence-electron chi connectivity index (χ1n) is 8.25. The summed E-state index contributed by atoms with van der Waals surface area (Å²) < 4.78 is 10.6. The molecule has 4 heteroatoms. The van der Waals surface area contributed by atoms with Crippen LogP contribution in [0.15, 0.2) is 18.2 Å². The van der Waals surface area contributed by atoms with Crippen LogP contribution >= 0.6 is 0 Å². The van der Waals surface area contributed by atoms with Crippen molar-refractivity contribution < 1.29 is 14.3 Å². The summed E-state index contributed by atoms with van der Waals surface area (Å²) in [5, 5.41) is 0. The zero-order chi connectivity index (χ0) is 15.5. The molecular formula is C18H25NO3. The molecule has 2 saturated carbocycles. The molecule has 0 atom stereocenters. The summed E-state index contributed by atoms with van der Waals surface area (Å²) in [5.41, 5.74) is 0.992. The summed E-state index contributed by atoms with van der Waals surface area (Å²) in [5.74, 6) is 1.65. The second-order valence-electron chi connectivity index (χ2n) is 6.34. The molecule has 0 spiro atoms. The summed E-state index contributed by atoms with van der Waals surface area (Å²) in [7, 11) is 3.25. The molecule has 0 heterocycles. The van der Waals surface area contributed by atoms with Crippen molar-refractivity contribution in [2.45, 2.75) is 57.0 Å². The Kier molecular flexibility index (Phi) is 4.55. The van der Waals surface area contributed by atoms with E-state index in [0.717, 1.165) is 5.56 Å². The van der Waals surface area contributed by atoms with Gasteiger partial charge in [0, 0.05) is 12.1 Å². The Morgan fingerprint density at radius 3 is 2.27 bits per heavy atom. The van der Waals surface area contributed by atoms with Gasteiger partial charge in [-0.25, -0.2) is 0 Å². The molecule has 0 saturated heterocycles. The van der Waals surface area contributed by atoms with E-state index < -0.39 is 0 Å². The molecule has 1 aromatic rings. The van der Waals surface area contributed by atoms with Crippen LogP contribution in [-0.4, -0.2) is 37.1 Å². The van der Waals surface area contributed by atoms with Crippen LogP contribution in [0.1, 0.15) is 44.1 Å². The van der Waals surface area contributed by atoms with Crippen LogP contribution in [0.4, 0.5) is 0 Å². The summed E-state index contributed by atoms with van der Waals surface area (Å²) in [6.45, 7) is 0. The number of hydrogen-bond donors (Lipinski definition) is 0. The molecule has 0 unspecified atom stereocenters. The van der Waals surface area contributed by atoms with Crippen LogP contribution in [0.5, 0.6) is 11.5 Å². The van der Waals surface area contributed by atoms with Gasteiger partial charge in [-0.05, 0) is 43.4 Å². The van der Waals surface area contributed by atoms with E-state index in [1.165, 1.54) is 38.5 Å². The number of hydrogen-bond acceptors (Lipinski definition) is 3. The Morgan fingerprint density at radius 2 is 1.68 bits per heavy atom. The maximum atomic E-state index is 12.8. The first kappa shape index (κ1) is 15.2. The van der Waals surface area contributed by atoms with Gasteiger partial charge in [-0.2, -0.15) is 0 Å². The van der Waals surface area contributed by atoms with Gasteiger partial charge in [-0.15, -0.1) is 0 Å². The third-order valence-corrected chi connectivity index (χ3v) is 4.75. The fourth-order valence-electron chi connectivity index (χ4n) is 3.50. The molecule has 22 heavy (non-hydrogen) atoms. The number of rotatable bonds is 6. The molecule has 3 rings (SSSR count). The third kappa shape index (κ3) is 3.21. The average molecular weight is 303 g/mol. The molecule has 1 amide bonds. The molecule has 0 aromatic heterocycles. The lowest BCUT2D eigenvalue weighted by Gasteiger charge is -2.29. The van der Waals surface area contributed by atoms with E-state index in [0.29, 0.717) is 30.0 Å². The van der Waals surface area contributed by atoms with Crippen molar-refractivity contribution in [1.82, 2.24) is 4.90 Å². The quantitative estimate of drug-likeness (QED) is 0.810. The van der Waals surface area contributed by atoms with E-state index in [4.69, 9.17) is 9.47 Å². The zero-order valence-electron chi connectivity index (χ0n) is 13.5. The summed E-state index contributed by atoms with van der Waals surface area (Å²) in [4.78, 5) is 15.0. The van der Waals surface area contributed by atoms with Gasteiger partial charge in [-0.1, -0.05) is 18.9 Å². The topological polar surface area (TPSA) is 38.8 Å². The smallest absolute Gasteiger partial charge is 0.227 e. The molecule has 4 nitrogen and oxygen atoms in total. The van der Waals surface area contributed by atoms with Crippen molar-refractivity contribution in [1.29, 1.82) is 0 Å². The van der Waals surface area contributed by atoms with E-state index >= 15 is 0 Å². The Hall–Kier alpha value is -1.71. The number of carbonyl (C=O) groups is 1. The number of carbonyl (C=O) groups excluding carboxylic acids is 1. The minimum Gasteiger partial charge on any atom is -0.493 e. The van der Waals surface area contributed by atoms with Crippen LogP contribution in [0.25, 0.3) is 0 Å². The zero-order valence-corrected chi connectivity index (χ0v) is 13.5. The van der Waals surface area contributed by atoms with Gasteiger partial charge < -0.3 is 14.4 Å². The van der Waals surface area contributed by atoms with Gasteiger partial charge in [0.15, 0.2) is 11.5 Å². The number of amides is 1. The van der Waals surface area contributed by atoms with Crippen molar-refractivity contribution in [2.75, 3.05) is 14.2 Å². The van der Waals surface area contributed by atoms with Crippen LogP contribution in [0, 0.1) is 0 Å². The highest BCUT2D eigenvalue weighted by Gasteiger charge is 2.38. The molecule has 2 aliphatic rings. The Labute approximate surface area is 132 Å². The lowest BCUT2D eigenvalue weighted by atomic mass is 10.1. The molecule has 0 N–H and O–H groups in total. The largest absolute Gasteiger partial charge is 0.493 e. The number of benzene rings is 1. The Balaban J connectivity index is 1.72. The first-order valence-corrected chi connectivity index (χ1v) is 8.25. The second kappa shape index (κ2) is 6.59. The Morgan fingerprint density at radius 1 is 1.05 bits per heavy atom. The molecule has 0 bridgehead atoms. The van der Waals surface area contributed by atoms with E-state index in [1.807, 2.05) is 18.2 Å². The molecule has 2 fully saturated rings. The third-order valence-electron chi connectivity index (χ3n) is 4.75. The van der Waals surface area contributed by atoms with Crippen molar-refractivity contribution >= 4 is 5.91 Å². The van der Waals surface area contributed by atoms with Crippen LogP contribution in [-0.2, 0) is 11.2 Å². The van der Waals surface area contributed by atoms with Crippen molar-refractivity contribution in [3.63, 3.8) is 0 Å². The fourth-order valence-corrected chi connectivity index (χ4v) is 3.50. The van der Waals surface area contributed by atoms with Gasteiger partial charge in [0.2, 0.25) is 5.91 Å². The maximum absolute atomic E-state index is 12.8. The summed E-state index contributed by atoms with van der Waals surface area (Å²) in [6.07, 6.45) is 7.67. The molecule has 0 aliphatic heterocycles. The minimum atomic E-state index is 0.265. The van der Waals surface area contributed by atoms with E-state index in [1.54, 1.807) is 14.2 Å². The highest BCUT2D eigenvalue weighted by Crippen LogP contribution is 2.35. The molecular weight excluding hydrogens is 278 g/mol. The van der Waals surface area contributed by atoms with Gasteiger partial charge in [0.05, 0.1) is 20.6 Å². The minimum absolute atomic E-state index is 0.265. The summed E-state index contributed by atoms with van der Waals surface area (Å²) >= 11 is 0. The van der Waals surface area contributed by atoms with Crippen LogP contribution < -0.4 is 9.47 Å². The van der Waals surface area contributed by atoms with Crippen molar-refractivity contribution in [2.24, 2.45) is 0 Å². The lowest BCUT2D eigenvalue weighted by Crippen LogP contribution is -2.41. The predicted octanol–water partition coefficient (Wildman–Crippen LogP) is 3.18. The van der Waals surface area contributed by atoms with E-state index in [9.17, 15) is 4.79 Å². The number of methoxy groups -OCH3 is 2. The van der Waals surface area contributed by atoms with E-state index in [2.05, 4.69) is 4.90 Å². The van der Waals surface area contributed by atoms with Gasteiger partial charge in [-0.3, -0.25) is 4.79 Å². The predicted molar refractivity (Wildman–Crippen MR) is 85.4 cm³/mol. The highest BCUT2D eigenvalue weighted by molar-refractivity contribution is 5.80. The first-order chi connectivity index (χ1) is 10.7. The van der Waals surface area contributed by atoms with Crippen molar-refractivity contribution in [3.8, 4) is 11.5 Å². The lowest BCUT2D eigenvalue weighted by molar-refractivity contribution is -0.133. The normalized spacial score (nSPS) is 18.3. The Bertz CT molecular complexity index is 533. The number of nitrogens with zero attached hydrogens (tertiary/aromatic N) is 1. The number of ether oxygens (including phenoxy) is 2. The standard InChI is InChI=1S/C18H25NO3/c1-21-16-10-7-13(11-17(16)22-2)12-18(20)19(15-8-9-15)14-5-3-4-6-14/h7,10-11,14-15H,3-6,8-9,12H2,1-2H3.